The molecule has 166 valence electrons. The molecule has 0 unspecified atom stereocenters. The standard InChI is InChI=1S/C23H26O8/c1-10(2)20(25)29-18-17-13(6)22(27)28-15(17)8-12(5)14-9-16(24)23(7,31-14)19(18)30-21(26)11(3)4/h9,12,15,17-19H,1,3,6,8H2,2,4-5,7H3/t12-,15+,17-,18-,19+,23+/m0/s1. The van der Waals surface area contributed by atoms with Crippen molar-refractivity contribution < 1.29 is 38.1 Å². The Bertz CT molecular complexity index is 941. The van der Waals surface area contributed by atoms with E-state index in [1.54, 1.807) is 0 Å². The molecule has 0 aliphatic carbocycles. The zero-order valence-corrected chi connectivity index (χ0v) is 18.1. The Hall–Kier alpha value is -3.16. The van der Waals surface area contributed by atoms with Gasteiger partial charge in [-0.15, -0.1) is 0 Å². The number of hydrogen-bond donors (Lipinski definition) is 0. The van der Waals surface area contributed by atoms with Crippen LogP contribution in [0.5, 0.6) is 0 Å². The first kappa shape index (κ1) is 22.5. The van der Waals surface area contributed by atoms with E-state index in [-0.39, 0.29) is 22.6 Å². The molecule has 0 aromatic carbocycles. The normalized spacial score (nSPS) is 34.3. The highest BCUT2D eigenvalue weighted by Crippen LogP contribution is 2.45. The predicted molar refractivity (Wildman–Crippen MR) is 108 cm³/mol. The Balaban J connectivity index is 2.19. The molecule has 0 aromatic rings. The number of carbonyl (C=O) groups is 4. The summed E-state index contributed by atoms with van der Waals surface area (Å²) in [6.07, 6.45) is -1.76. The van der Waals surface area contributed by atoms with Gasteiger partial charge in [0.05, 0.1) is 5.92 Å². The average molecular weight is 430 g/mol. The average Bonchev–Trinajstić information content (AvgIpc) is 3.14. The third kappa shape index (κ3) is 3.82. The maximum Gasteiger partial charge on any atom is 0.334 e. The lowest BCUT2D eigenvalue weighted by molar-refractivity contribution is -0.192. The third-order valence-electron chi connectivity index (χ3n) is 5.86. The minimum absolute atomic E-state index is 0.0656. The van der Waals surface area contributed by atoms with Crippen LogP contribution in [-0.2, 0) is 38.1 Å². The van der Waals surface area contributed by atoms with Gasteiger partial charge in [0.25, 0.3) is 0 Å². The molecule has 0 spiro atoms. The highest BCUT2D eigenvalue weighted by Gasteiger charge is 2.60. The Morgan fingerprint density at radius 3 is 2.29 bits per heavy atom. The number of fused-ring (bicyclic) bond motifs is 3. The molecule has 31 heavy (non-hydrogen) atoms. The molecule has 0 N–H and O–H groups in total. The van der Waals surface area contributed by atoms with Crippen molar-refractivity contribution in [1.29, 1.82) is 0 Å². The van der Waals surface area contributed by atoms with Gasteiger partial charge < -0.3 is 18.9 Å². The fourth-order valence-corrected chi connectivity index (χ4v) is 4.01. The Morgan fingerprint density at radius 2 is 1.71 bits per heavy atom. The molecule has 2 saturated heterocycles. The van der Waals surface area contributed by atoms with Crippen molar-refractivity contribution in [3.8, 4) is 0 Å². The number of rotatable bonds is 4. The molecule has 3 rings (SSSR count). The monoisotopic (exact) mass is 430 g/mol. The second kappa shape index (κ2) is 7.83. The Morgan fingerprint density at radius 1 is 1.13 bits per heavy atom. The van der Waals surface area contributed by atoms with Crippen molar-refractivity contribution in [2.75, 3.05) is 0 Å². The summed E-state index contributed by atoms with van der Waals surface area (Å²) >= 11 is 0. The molecule has 8 heteroatoms. The quantitative estimate of drug-likeness (QED) is 0.380. The smallest absolute Gasteiger partial charge is 0.334 e. The van der Waals surface area contributed by atoms with Gasteiger partial charge in [0.15, 0.2) is 12.2 Å². The van der Waals surface area contributed by atoms with Crippen molar-refractivity contribution in [3.63, 3.8) is 0 Å². The van der Waals surface area contributed by atoms with Crippen LogP contribution in [0.4, 0.5) is 0 Å². The van der Waals surface area contributed by atoms with Crippen molar-refractivity contribution >= 4 is 23.7 Å². The van der Waals surface area contributed by atoms with Crippen molar-refractivity contribution in [2.24, 2.45) is 11.8 Å². The van der Waals surface area contributed by atoms with E-state index in [1.165, 1.54) is 26.8 Å². The maximum atomic E-state index is 13.0. The van der Waals surface area contributed by atoms with Crippen LogP contribution in [-0.4, -0.2) is 47.6 Å². The van der Waals surface area contributed by atoms with E-state index in [9.17, 15) is 19.2 Å². The summed E-state index contributed by atoms with van der Waals surface area (Å²) < 4.78 is 22.8. The summed E-state index contributed by atoms with van der Waals surface area (Å²) in [4.78, 5) is 50.4. The first-order chi connectivity index (χ1) is 14.4. The lowest BCUT2D eigenvalue weighted by atomic mass is 9.78. The van der Waals surface area contributed by atoms with Gasteiger partial charge in [0.1, 0.15) is 11.9 Å². The zero-order chi connectivity index (χ0) is 23.2. The van der Waals surface area contributed by atoms with Crippen LogP contribution in [0.2, 0.25) is 0 Å². The van der Waals surface area contributed by atoms with Crippen LogP contribution in [0.25, 0.3) is 0 Å². The first-order valence-electron chi connectivity index (χ1n) is 9.94. The van der Waals surface area contributed by atoms with Gasteiger partial charge in [0.2, 0.25) is 11.4 Å². The largest absolute Gasteiger partial charge is 0.479 e. The lowest BCUT2D eigenvalue weighted by Crippen LogP contribution is -2.57. The summed E-state index contributed by atoms with van der Waals surface area (Å²) in [6.45, 7) is 17.2. The van der Waals surface area contributed by atoms with E-state index in [0.29, 0.717) is 12.2 Å². The fraction of sp³-hybridized carbons (Fsp3) is 0.478. The summed E-state index contributed by atoms with van der Waals surface area (Å²) in [5, 5.41) is 0. The highest BCUT2D eigenvalue weighted by molar-refractivity contribution is 6.00. The van der Waals surface area contributed by atoms with E-state index in [0.717, 1.165) is 0 Å². The molecular formula is C23H26O8. The molecule has 3 aliphatic heterocycles. The summed E-state index contributed by atoms with van der Waals surface area (Å²) in [5.74, 6) is -3.42. The van der Waals surface area contributed by atoms with Gasteiger partial charge in [-0.25, -0.2) is 14.4 Å². The number of carbonyl (C=O) groups excluding carboxylic acids is 4. The zero-order valence-electron chi connectivity index (χ0n) is 18.1. The fourth-order valence-electron chi connectivity index (χ4n) is 4.01. The number of allylic oxidation sites excluding steroid dienone is 1. The topological polar surface area (TPSA) is 105 Å². The second-order valence-corrected chi connectivity index (χ2v) is 8.51. The second-order valence-electron chi connectivity index (χ2n) is 8.51. The van der Waals surface area contributed by atoms with Crippen LogP contribution in [0.15, 0.2) is 48.3 Å². The molecule has 0 radical (unpaired) electrons. The minimum atomic E-state index is -1.68. The van der Waals surface area contributed by atoms with E-state index in [1.807, 2.05) is 6.92 Å². The van der Waals surface area contributed by atoms with Crippen molar-refractivity contribution in [2.45, 2.75) is 58.0 Å². The Kier molecular flexibility index (Phi) is 5.69. The van der Waals surface area contributed by atoms with Crippen LogP contribution in [0, 0.1) is 11.8 Å². The number of ketones is 1. The van der Waals surface area contributed by atoms with Crippen LogP contribution in [0.3, 0.4) is 0 Å². The summed E-state index contributed by atoms with van der Waals surface area (Å²) in [7, 11) is 0. The van der Waals surface area contributed by atoms with E-state index < -0.39 is 53.5 Å². The molecule has 3 heterocycles. The lowest BCUT2D eigenvalue weighted by Gasteiger charge is -2.39. The van der Waals surface area contributed by atoms with Gasteiger partial charge in [-0.2, -0.15) is 0 Å². The third-order valence-corrected chi connectivity index (χ3v) is 5.86. The Labute approximate surface area is 180 Å². The number of ether oxygens (including phenoxy) is 4. The first-order valence-corrected chi connectivity index (χ1v) is 9.94. The van der Waals surface area contributed by atoms with Crippen LogP contribution < -0.4 is 0 Å². The predicted octanol–water partition coefficient (Wildman–Crippen LogP) is 2.34. The van der Waals surface area contributed by atoms with E-state index in [2.05, 4.69) is 19.7 Å². The number of hydrogen-bond acceptors (Lipinski definition) is 8. The van der Waals surface area contributed by atoms with E-state index >= 15 is 0 Å². The van der Waals surface area contributed by atoms with Crippen LogP contribution in [0.1, 0.15) is 34.1 Å². The molecule has 2 fully saturated rings. The molecule has 0 aromatic heterocycles. The molecule has 0 saturated carbocycles. The SMILES string of the molecule is C=C(C)C(=O)O[C@H]1[C@H]2C(=C)C(=O)O[C@@H]2C[C@H](C)C2=CC(=O)[C@@](C)(O2)[C@@H]1OC(=O)C(=C)C. The minimum Gasteiger partial charge on any atom is -0.479 e. The van der Waals surface area contributed by atoms with Gasteiger partial charge in [-0.3, -0.25) is 4.79 Å². The van der Waals surface area contributed by atoms with Gasteiger partial charge in [-0.05, 0) is 27.2 Å². The summed E-state index contributed by atoms with van der Waals surface area (Å²) in [6, 6.07) is 0. The molecule has 2 bridgehead atoms. The van der Waals surface area contributed by atoms with Gasteiger partial charge in [0, 0.05) is 28.7 Å². The van der Waals surface area contributed by atoms with Gasteiger partial charge in [-0.1, -0.05) is 26.7 Å². The maximum absolute atomic E-state index is 13.0. The van der Waals surface area contributed by atoms with Gasteiger partial charge >= 0.3 is 17.9 Å². The summed E-state index contributed by atoms with van der Waals surface area (Å²) in [5.41, 5.74) is -1.45. The molecule has 0 amide bonds. The molecule has 6 atom stereocenters. The molecule has 3 aliphatic rings. The molecule has 8 nitrogen and oxygen atoms in total. The number of esters is 3. The van der Waals surface area contributed by atoms with Crippen molar-refractivity contribution in [1.82, 2.24) is 0 Å². The highest BCUT2D eigenvalue weighted by atomic mass is 16.6. The van der Waals surface area contributed by atoms with Crippen LogP contribution >= 0.6 is 0 Å². The van der Waals surface area contributed by atoms with E-state index in [4.69, 9.17) is 18.9 Å². The van der Waals surface area contributed by atoms with Crippen molar-refractivity contribution in [3.05, 3.63) is 48.3 Å². The molecular weight excluding hydrogens is 404 g/mol.